The number of aromatic nitrogens is 2. The van der Waals surface area contributed by atoms with E-state index < -0.39 is 0 Å². The van der Waals surface area contributed by atoms with Gasteiger partial charge >= 0.3 is 0 Å². The first kappa shape index (κ1) is 17.7. The van der Waals surface area contributed by atoms with Crippen LogP contribution in [-0.2, 0) is 6.42 Å². The van der Waals surface area contributed by atoms with Gasteiger partial charge in [0.1, 0.15) is 18.0 Å². The summed E-state index contributed by atoms with van der Waals surface area (Å²) in [6.45, 7) is 9.64. The van der Waals surface area contributed by atoms with E-state index in [1.54, 1.807) is 6.33 Å². The SMILES string of the molecule is CCCNc1ncnc(NC(C)(CC)CCO)c1CCC. The van der Waals surface area contributed by atoms with E-state index in [1.165, 1.54) is 0 Å². The van der Waals surface area contributed by atoms with Crippen LogP contribution < -0.4 is 10.6 Å². The van der Waals surface area contributed by atoms with E-state index in [0.717, 1.165) is 49.4 Å². The van der Waals surface area contributed by atoms with Crippen LogP contribution in [0, 0.1) is 0 Å². The minimum absolute atomic E-state index is 0.145. The van der Waals surface area contributed by atoms with Crippen molar-refractivity contribution >= 4 is 11.6 Å². The van der Waals surface area contributed by atoms with Gasteiger partial charge in [0.25, 0.3) is 0 Å². The molecule has 1 heterocycles. The lowest BCUT2D eigenvalue weighted by molar-refractivity contribution is 0.251. The van der Waals surface area contributed by atoms with Crippen molar-refractivity contribution in [3.05, 3.63) is 11.9 Å². The standard InChI is InChI=1S/C16H30N4O/c1-5-8-13-14(17-10-6-2)18-12-19-15(13)20-16(4,7-3)9-11-21/h12,21H,5-11H2,1-4H3,(H2,17,18,19,20). The number of hydrogen-bond donors (Lipinski definition) is 3. The molecular weight excluding hydrogens is 264 g/mol. The number of aliphatic hydroxyl groups excluding tert-OH is 1. The lowest BCUT2D eigenvalue weighted by atomic mass is 9.94. The second kappa shape index (κ2) is 8.82. The summed E-state index contributed by atoms with van der Waals surface area (Å²) >= 11 is 0. The molecule has 1 aromatic heterocycles. The van der Waals surface area contributed by atoms with E-state index >= 15 is 0 Å². The molecular formula is C16H30N4O. The topological polar surface area (TPSA) is 70.1 Å². The van der Waals surface area contributed by atoms with Gasteiger partial charge in [0.15, 0.2) is 0 Å². The molecule has 0 aliphatic rings. The summed E-state index contributed by atoms with van der Waals surface area (Å²) in [5.74, 6) is 1.82. The number of aliphatic hydroxyl groups is 1. The largest absolute Gasteiger partial charge is 0.396 e. The molecule has 5 nitrogen and oxygen atoms in total. The molecule has 0 aliphatic heterocycles. The molecule has 1 atom stereocenters. The van der Waals surface area contributed by atoms with Crippen LogP contribution in [0.25, 0.3) is 0 Å². The molecule has 0 aromatic carbocycles. The maximum Gasteiger partial charge on any atom is 0.135 e. The Morgan fingerprint density at radius 2 is 1.86 bits per heavy atom. The van der Waals surface area contributed by atoms with E-state index in [1.807, 2.05) is 0 Å². The highest BCUT2D eigenvalue weighted by atomic mass is 16.3. The zero-order chi connectivity index (χ0) is 15.7. The summed E-state index contributed by atoms with van der Waals surface area (Å²) < 4.78 is 0. The van der Waals surface area contributed by atoms with Gasteiger partial charge < -0.3 is 15.7 Å². The van der Waals surface area contributed by atoms with Crippen molar-refractivity contribution in [1.82, 2.24) is 9.97 Å². The van der Waals surface area contributed by atoms with Crippen LogP contribution in [0.3, 0.4) is 0 Å². The van der Waals surface area contributed by atoms with Crippen LogP contribution in [0.4, 0.5) is 11.6 Å². The first-order chi connectivity index (χ1) is 10.1. The summed E-state index contributed by atoms with van der Waals surface area (Å²) in [6, 6.07) is 0. The second-order valence-electron chi connectivity index (χ2n) is 5.74. The Morgan fingerprint density at radius 3 is 2.43 bits per heavy atom. The minimum Gasteiger partial charge on any atom is -0.396 e. The van der Waals surface area contributed by atoms with Crippen molar-refractivity contribution in [2.45, 2.75) is 65.3 Å². The predicted molar refractivity (Wildman–Crippen MR) is 88.8 cm³/mol. The Hall–Kier alpha value is -1.36. The van der Waals surface area contributed by atoms with Gasteiger partial charge in [-0.15, -0.1) is 0 Å². The smallest absolute Gasteiger partial charge is 0.135 e. The van der Waals surface area contributed by atoms with Crippen LogP contribution in [0.2, 0.25) is 0 Å². The molecule has 0 spiro atoms. The lowest BCUT2D eigenvalue weighted by Crippen LogP contribution is -2.36. The number of hydrogen-bond acceptors (Lipinski definition) is 5. The van der Waals surface area contributed by atoms with Crippen LogP contribution in [0.15, 0.2) is 6.33 Å². The van der Waals surface area contributed by atoms with Gasteiger partial charge in [-0.3, -0.25) is 0 Å². The van der Waals surface area contributed by atoms with Crippen molar-refractivity contribution in [2.24, 2.45) is 0 Å². The predicted octanol–water partition coefficient (Wildman–Crippen LogP) is 3.21. The van der Waals surface area contributed by atoms with Crippen LogP contribution in [0.5, 0.6) is 0 Å². The molecule has 0 saturated heterocycles. The highest BCUT2D eigenvalue weighted by Gasteiger charge is 2.23. The van der Waals surface area contributed by atoms with Crippen molar-refractivity contribution in [1.29, 1.82) is 0 Å². The van der Waals surface area contributed by atoms with Gasteiger partial charge in [-0.25, -0.2) is 9.97 Å². The highest BCUT2D eigenvalue weighted by molar-refractivity contribution is 5.58. The summed E-state index contributed by atoms with van der Waals surface area (Å²) in [5, 5.41) is 16.2. The average molecular weight is 294 g/mol. The quantitative estimate of drug-likeness (QED) is 0.618. The Morgan fingerprint density at radius 1 is 1.14 bits per heavy atom. The number of rotatable bonds is 10. The molecule has 0 fully saturated rings. The van der Waals surface area contributed by atoms with E-state index in [2.05, 4.69) is 48.3 Å². The monoisotopic (exact) mass is 294 g/mol. The number of anilines is 2. The Balaban J connectivity index is 3.04. The van der Waals surface area contributed by atoms with Crippen molar-refractivity contribution < 1.29 is 5.11 Å². The van der Waals surface area contributed by atoms with E-state index in [4.69, 9.17) is 0 Å². The molecule has 1 aromatic rings. The Kier molecular flexibility index (Phi) is 7.43. The van der Waals surface area contributed by atoms with Gasteiger partial charge in [-0.2, -0.15) is 0 Å². The first-order valence-electron chi connectivity index (χ1n) is 8.07. The molecule has 0 radical (unpaired) electrons. The van der Waals surface area contributed by atoms with Gasteiger partial charge in [-0.1, -0.05) is 27.2 Å². The fraction of sp³-hybridized carbons (Fsp3) is 0.750. The summed E-state index contributed by atoms with van der Waals surface area (Å²) in [6.07, 6.45) is 6.29. The third-order valence-corrected chi connectivity index (χ3v) is 3.85. The van der Waals surface area contributed by atoms with Crippen LogP contribution >= 0.6 is 0 Å². The van der Waals surface area contributed by atoms with E-state index in [9.17, 15) is 5.11 Å². The molecule has 5 heteroatoms. The number of nitrogens with zero attached hydrogens (tertiary/aromatic N) is 2. The van der Waals surface area contributed by atoms with E-state index in [0.29, 0.717) is 6.42 Å². The highest BCUT2D eigenvalue weighted by Crippen LogP contribution is 2.27. The number of nitrogens with one attached hydrogen (secondary N) is 2. The molecule has 0 bridgehead atoms. The van der Waals surface area contributed by atoms with E-state index in [-0.39, 0.29) is 12.1 Å². The Labute approximate surface area is 128 Å². The normalized spacial score (nSPS) is 13.8. The fourth-order valence-corrected chi connectivity index (χ4v) is 2.26. The lowest BCUT2D eigenvalue weighted by Gasteiger charge is -2.31. The molecule has 21 heavy (non-hydrogen) atoms. The molecule has 0 saturated carbocycles. The maximum absolute atomic E-state index is 9.27. The van der Waals surface area contributed by atoms with Gasteiger partial charge in [-0.05, 0) is 32.6 Å². The van der Waals surface area contributed by atoms with Gasteiger partial charge in [0.05, 0.1) is 0 Å². The van der Waals surface area contributed by atoms with Crippen molar-refractivity contribution in [2.75, 3.05) is 23.8 Å². The maximum atomic E-state index is 9.27. The van der Waals surface area contributed by atoms with Gasteiger partial charge in [0.2, 0.25) is 0 Å². The first-order valence-corrected chi connectivity index (χ1v) is 8.07. The summed E-state index contributed by atoms with van der Waals surface area (Å²) in [4.78, 5) is 8.82. The third-order valence-electron chi connectivity index (χ3n) is 3.85. The Bertz CT molecular complexity index is 425. The zero-order valence-electron chi connectivity index (χ0n) is 13.9. The van der Waals surface area contributed by atoms with Crippen LogP contribution in [0.1, 0.15) is 58.9 Å². The second-order valence-corrected chi connectivity index (χ2v) is 5.74. The van der Waals surface area contributed by atoms with Crippen LogP contribution in [-0.4, -0.2) is 33.8 Å². The fourth-order valence-electron chi connectivity index (χ4n) is 2.26. The van der Waals surface area contributed by atoms with Crippen molar-refractivity contribution in [3.63, 3.8) is 0 Å². The minimum atomic E-state index is -0.145. The van der Waals surface area contributed by atoms with Gasteiger partial charge in [0, 0.05) is 24.3 Å². The summed E-state index contributed by atoms with van der Waals surface area (Å²) in [7, 11) is 0. The summed E-state index contributed by atoms with van der Waals surface area (Å²) in [5.41, 5.74) is 0.999. The molecule has 1 unspecified atom stereocenters. The third kappa shape index (κ3) is 5.16. The molecule has 120 valence electrons. The molecule has 0 aliphatic carbocycles. The van der Waals surface area contributed by atoms with Crippen molar-refractivity contribution in [3.8, 4) is 0 Å². The molecule has 1 rings (SSSR count). The molecule has 3 N–H and O–H groups in total. The molecule has 0 amide bonds. The zero-order valence-corrected chi connectivity index (χ0v) is 13.9. The average Bonchev–Trinajstić information content (AvgIpc) is 2.48.